The fraction of sp³-hybridized carbons (Fsp3) is 0.176. The first-order valence-electron chi connectivity index (χ1n) is 6.63. The van der Waals surface area contributed by atoms with E-state index in [1.807, 2.05) is 6.07 Å². The quantitative estimate of drug-likeness (QED) is 0.566. The van der Waals surface area contributed by atoms with Gasteiger partial charge >= 0.3 is 0 Å². The number of rotatable bonds is 4. The summed E-state index contributed by atoms with van der Waals surface area (Å²) in [6.07, 6.45) is 0.876. The number of hydrogen-bond acceptors (Lipinski definition) is 2. The highest BCUT2D eigenvalue weighted by Crippen LogP contribution is 2.33. The molecule has 96 valence electrons. The van der Waals surface area contributed by atoms with Crippen LogP contribution in [0.1, 0.15) is 6.42 Å². The Balaban J connectivity index is 2.18. The summed E-state index contributed by atoms with van der Waals surface area (Å²) in [4.78, 5) is 0. The van der Waals surface area contributed by atoms with Gasteiger partial charge in [-0.3, -0.25) is 0 Å². The monoisotopic (exact) mass is 251 g/mol. The zero-order valence-electron chi connectivity index (χ0n) is 10.8. The number of ether oxygens (including phenoxy) is 1. The smallest absolute Gasteiger partial charge is 0.127 e. The summed E-state index contributed by atoms with van der Waals surface area (Å²) >= 11 is 0. The van der Waals surface area contributed by atoms with Gasteiger partial charge in [-0.15, -0.1) is 0 Å². The van der Waals surface area contributed by atoms with E-state index in [0.29, 0.717) is 13.2 Å². The highest BCUT2D eigenvalue weighted by atomic mass is 16.5. The van der Waals surface area contributed by atoms with Crippen molar-refractivity contribution in [3.8, 4) is 5.75 Å². The predicted molar refractivity (Wildman–Crippen MR) is 80.6 cm³/mol. The van der Waals surface area contributed by atoms with Crippen molar-refractivity contribution in [1.29, 1.82) is 0 Å². The summed E-state index contributed by atoms with van der Waals surface area (Å²) < 4.78 is 5.89. The lowest BCUT2D eigenvalue weighted by Crippen LogP contribution is -2.06. The number of benzene rings is 3. The molecule has 0 aliphatic rings. The van der Waals surface area contributed by atoms with Crippen molar-refractivity contribution >= 4 is 21.5 Å². The molecule has 0 saturated carbocycles. The maximum atomic E-state index is 5.89. The van der Waals surface area contributed by atoms with Crippen molar-refractivity contribution < 1.29 is 4.74 Å². The first-order chi connectivity index (χ1) is 9.40. The van der Waals surface area contributed by atoms with Crippen LogP contribution < -0.4 is 10.5 Å². The van der Waals surface area contributed by atoms with Gasteiger partial charge in [-0.2, -0.15) is 0 Å². The third-order valence-electron chi connectivity index (χ3n) is 3.34. The molecule has 0 amide bonds. The van der Waals surface area contributed by atoms with Crippen molar-refractivity contribution in [3.63, 3.8) is 0 Å². The minimum Gasteiger partial charge on any atom is -0.493 e. The van der Waals surface area contributed by atoms with E-state index in [-0.39, 0.29) is 0 Å². The van der Waals surface area contributed by atoms with Crippen LogP contribution in [0, 0.1) is 0 Å². The molecule has 0 unspecified atom stereocenters. The van der Waals surface area contributed by atoms with Gasteiger partial charge in [0, 0.05) is 5.39 Å². The Morgan fingerprint density at radius 1 is 0.842 bits per heavy atom. The van der Waals surface area contributed by atoms with Gasteiger partial charge < -0.3 is 10.5 Å². The lowest BCUT2D eigenvalue weighted by molar-refractivity contribution is 0.317. The van der Waals surface area contributed by atoms with Crippen LogP contribution in [0.15, 0.2) is 54.6 Å². The molecule has 0 heterocycles. The molecule has 3 aromatic carbocycles. The molecule has 2 heteroatoms. The molecular weight excluding hydrogens is 234 g/mol. The summed E-state index contributed by atoms with van der Waals surface area (Å²) in [5.74, 6) is 0.947. The molecule has 2 N–H and O–H groups in total. The molecule has 0 aromatic heterocycles. The average molecular weight is 251 g/mol. The summed E-state index contributed by atoms with van der Waals surface area (Å²) in [6.45, 7) is 1.32. The molecule has 0 aliphatic carbocycles. The molecule has 2 nitrogen and oxygen atoms in total. The highest BCUT2D eigenvalue weighted by molar-refractivity contribution is 6.10. The van der Waals surface area contributed by atoms with Crippen LogP contribution in [0.2, 0.25) is 0 Å². The number of fused-ring (bicyclic) bond motifs is 3. The molecule has 0 aliphatic heterocycles. The second-order valence-corrected chi connectivity index (χ2v) is 4.63. The van der Waals surface area contributed by atoms with Gasteiger partial charge in [0.05, 0.1) is 6.61 Å². The second-order valence-electron chi connectivity index (χ2n) is 4.63. The first-order valence-corrected chi connectivity index (χ1v) is 6.63. The van der Waals surface area contributed by atoms with Gasteiger partial charge in [0.25, 0.3) is 0 Å². The summed E-state index contributed by atoms with van der Waals surface area (Å²) in [6, 6.07) is 18.9. The summed E-state index contributed by atoms with van der Waals surface area (Å²) in [5, 5.41) is 4.88. The van der Waals surface area contributed by atoms with Gasteiger partial charge in [-0.25, -0.2) is 0 Å². The highest BCUT2D eigenvalue weighted by Gasteiger charge is 2.06. The molecule has 0 saturated heterocycles. The maximum Gasteiger partial charge on any atom is 0.127 e. The Hall–Kier alpha value is -2.06. The van der Waals surface area contributed by atoms with Gasteiger partial charge in [-0.1, -0.05) is 48.5 Å². The van der Waals surface area contributed by atoms with Crippen LogP contribution in [0.5, 0.6) is 5.75 Å². The van der Waals surface area contributed by atoms with Crippen LogP contribution in [0.3, 0.4) is 0 Å². The Kier molecular flexibility index (Phi) is 3.34. The number of nitrogens with two attached hydrogens (primary N) is 1. The van der Waals surface area contributed by atoms with E-state index in [4.69, 9.17) is 10.5 Å². The van der Waals surface area contributed by atoms with Crippen LogP contribution in [-0.2, 0) is 0 Å². The topological polar surface area (TPSA) is 35.2 Å². The SMILES string of the molecule is NCCCOc1cc2ccccc2c2ccccc12. The third-order valence-corrected chi connectivity index (χ3v) is 3.34. The van der Waals surface area contributed by atoms with E-state index in [0.717, 1.165) is 12.2 Å². The van der Waals surface area contributed by atoms with E-state index in [2.05, 4.69) is 48.5 Å². The lowest BCUT2D eigenvalue weighted by Gasteiger charge is -2.11. The zero-order chi connectivity index (χ0) is 13.1. The molecule has 19 heavy (non-hydrogen) atoms. The lowest BCUT2D eigenvalue weighted by atomic mass is 10.0. The normalized spacial score (nSPS) is 11.0. The van der Waals surface area contributed by atoms with Crippen molar-refractivity contribution in [2.24, 2.45) is 5.73 Å². The third kappa shape index (κ3) is 2.27. The van der Waals surface area contributed by atoms with Gasteiger partial charge in [-0.05, 0) is 35.2 Å². The van der Waals surface area contributed by atoms with Crippen molar-refractivity contribution in [2.45, 2.75) is 6.42 Å². The van der Waals surface area contributed by atoms with Gasteiger partial charge in [0.1, 0.15) is 5.75 Å². The van der Waals surface area contributed by atoms with E-state index >= 15 is 0 Å². The molecule has 0 radical (unpaired) electrons. The summed E-state index contributed by atoms with van der Waals surface area (Å²) in [5.41, 5.74) is 5.52. The zero-order valence-corrected chi connectivity index (χ0v) is 10.8. The fourth-order valence-electron chi connectivity index (χ4n) is 2.40. The molecule has 0 spiro atoms. The Morgan fingerprint density at radius 2 is 1.53 bits per heavy atom. The average Bonchev–Trinajstić information content (AvgIpc) is 2.47. The molecule has 0 bridgehead atoms. The van der Waals surface area contributed by atoms with Crippen molar-refractivity contribution in [3.05, 3.63) is 54.6 Å². The van der Waals surface area contributed by atoms with Gasteiger partial charge in [0.2, 0.25) is 0 Å². The van der Waals surface area contributed by atoms with Crippen molar-refractivity contribution in [2.75, 3.05) is 13.2 Å². The molecule has 0 atom stereocenters. The fourth-order valence-corrected chi connectivity index (χ4v) is 2.40. The number of hydrogen-bond donors (Lipinski definition) is 1. The minimum atomic E-state index is 0.658. The second kappa shape index (κ2) is 5.29. The predicted octanol–water partition coefficient (Wildman–Crippen LogP) is 3.72. The molecule has 3 rings (SSSR count). The van der Waals surface area contributed by atoms with Crippen molar-refractivity contribution in [1.82, 2.24) is 0 Å². The Bertz CT molecular complexity index is 706. The van der Waals surface area contributed by atoms with E-state index < -0.39 is 0 Å². The maximum absolute atomic E-state index is 5.89. The minimum absolute atomic E-state index is 0.658. The largest absolute Gasteiger partial charge is 0.493 e. The molecular formula is C17H17NO. The van der Waals surface area contributed by atoms with E-state index in [1.54, 1.807) is 0 Å². The van der Waals surface area contributed by atoms with E-state index in [9.17, 15) is 0 Å². The standard InChI is InChI=1S/C17H17NO/c18-10-5-11-19-17-12-13-6-1-2-7-14(13)15-8-3-4-9-16(15)17/h1-4,6-9,12H,5,10-11,18H2. The van der Waals surface area contributed by atoms with Crippen LogP contribution in [0.4, 0.5) is 0 Å². The van der Waals surface area contributed by atoms with Crippen LogP contribution in [-0.4, -0.2) is 13.2 Å². The van der Waals surface area contributed by atoms with Gasteiger partial charge in [0.15, 0.2) is 0 Å². The van der Waals surface area contributed by atoms with Crippen LogP contribution in [0.25, 0.3) is 21.5 Å². The summed E-state index contributed by atoms with van der Waals surface area (Å²) in [7, 11) is 0. The van der Waals surface area contributed by atoms with Crippen LogP contribution >= 0.6 is 0 Å². The Labute approximate surface area is 112 Å². The Morgan fingerprint density at radius 3 is 2.32 bits per heavy atom. The molecule has 0 fully saturated rings. The first kappa shape index (κ1) is 12.0. The van der Waals surface area contributed by atoms with E-state index in [1.165, 1.54) is 21.5 Å². The molecule has 3 aromatic rings.